The van der Waals surface area contributed by atoms with Gasteiger partial charge in [0.1, 0.15) is 0 Å². The topological polar surface area (TPSA) is 12.4 Å². The first-order chi connectivity index (χ1) is 8.70. The Morgan fingerprint density at radius 2 is 1.68 bits per heavy atom. The van der Waals surface area contributed by atoms with E-state index in [0.717, 1.165) is 13.0 Å². The molecule has 0 fully saturated rings. The highest BCUT2D eigenvalue weighted by Crippen LogP contribution is 2.36. The predicted molar refractivity (Wildman–Crippen MR) is 88.9 cm³/mol. The van der Waals surface area contributed by atoms with Crippen molar-refractivity contribution in [3.63, 3.8) is 0 Å². The van der Waals surface area contributed by atoms with Crippen LogP contribution >= 0.6 is 0 Å². The molecule has 19 heavy (non-hydrogen) atoms. The summed E-state index contributed by atoms with van der Waals surface area (Å²) >= 11 is 0. The lowest BCUT2D eigenvalue weighted by Crippen LogP contribution is -2.25. The normalized spacial score (nSPS) is 16.3. The van der Waals surface area contributed by atoms with E-state index in [1.807, 2.05) is 0 Å². The van der Waals surface area contributed by atoms with Crippen LogP contribution in [-0.2, 0) is 0 Å². The van der Waals surface area contributed by atoms with E-state index < -0.39 is 0 Å². The average molecular weight is 265 g/mol. The van der Waals surface area contributed by atoms with Gasteiger partial charge in [-0.05, 0) is 48.1 Å². The SMILES string of the molecule is C=CC(CC(C)C(C)(C)C/C=N/CC(C)C)C(C)C. The average Bonchev–Trinajstić information content (AvgIpc) is 2.30. The van der Waals surface area contributed by atoms with Crippen LogP contribution in [0.15, 0.2) is 17.6 Å². The summed E-state index contributed by atoms with van der Waals surface area (Å²) in [5, 5.41) is 0. The number of aliphatic imine (C=N–C) groups is 1. The molecule has 0 aliphatic heterocycles. The first kappa shape index (κ1) is 18.4. The molecule has 0 radical (unpaired) electrons. The largest absolute Gasteiger partial charge is 0.297 e. The van der Waals surface area contributed by atoms with E-state index in [2.05, 4.69) is 72.3 Å². The number of hydrogen-bond donors (Lipinski definition) is 0. The second-order valence-corrected chi connectivity index (χ2v) is 7.41. The Morgan fingerprint density at radius 3 is 2.11 bits per heavy atom. The summed E-state index contributed by atoms with van der Waals surface area (Å²) in [6.07, 6.45) is 6.56. The maximum absolute atomic E-state index is 4.53. The zero-order chi connectivity index (χ0) is 15.1. The molecular formula is C18H35N. The minimum absolute atomic E-state index is 0.316. The van der Waals surface area contributed by atoms with Crippen molar-refractivity contribution in [1.29, 1.82) is 0 Å². The first-order valence-electron chi connectivity index (χ1n) is 7.81. The molecule has 1 nitrogen and oxygen atoms in total. The van der Waals surface area contributed by atoms with Crippen LogP contribution < -0.4 is 0 Å². The van der Waals surface area contributed by atoms with Gasteiger partial charge in [-0.15, -0.1) is 6.58 Å². The highest BCUT2D eigenvalue weighted by atomic mass is 14.7. The van der Waals surface area contributed by atoms with E-state index in [1.54, 1.807) is 0 Å². The molecule has 0 aromatic carbocycles. The maximum atomic E-state index is 4.53. The summed E-state index contributed by atoms with van der Waals surface area (Å²) in [5.41, 5.74) is 0.316. The second-order valence-electron chi connectivity index (χ2n) is 7.41. The molecule has 2 unspecified atom stereocenters. The van der Waals surface area contributed by atoms with E-state index in [1.165, 1.54) is 6.42 Å². The zero-order valence-electron chi connectivity index (χ0n) is 14.2. The fourth-order valence-electron chi connectivity index (χ4n) is 2.15. The van der Waals surface area contributed by atoms with Crippen LogP contribution in [0, 0.1) is 29.1 Å². The highest BCUT2D eigenvalue weighted by Gasteiger charge is 2.27. The highest BCUT2D eigenvalue weighted by molar-refractivity contribution is 5.58. The van der Waals surface area contributed by atoms with Gasteiger partial charge < -0.3 is 0 Å². The third-order valence-electron chi connectivity index (χ3n) is 4.34. The van der Waals surface area contributed by atoms with Crippen molar-refractivity contribution in [1.82, 2.24) is 0 Å². The standard InChI is InChI=1S/C18H35N/c1-9-17(15(4)5)12-16(6)18(7,8)10-11-19-13-14(2)3/h9,11,14-17H,1,10,12-13H2,2-8H3/b19-11+. The van der Waals surface area contributed by atoms with Gasteiger partial charge in [0, 0.05) is 6.54 Å². The molecule has 0 aliphatic carbocycles. The molecule has 0 saturated heterocycles. The Kier molecular flexibility index (Phi) is 8.29. The van der Waals surface area contributed by atoms with Crippen LogP contribution in [0.2, 0.25) is 0 Å². The Bertz CT molecular complexity index is 273. The Morgan fingerprint density at radius 1 is 1.11 bits per heavy atom. The molecule has 0 bridgehead atoms. The quantitative estimate of drug-likeness (QED) is 0.379. The second kappa shape index (κ2) is 8.55. The number of nitrogens with zero attached hydrogens (tertiary/aromatic N) is 1. The molecule has 0 N–H and O–H groups in total. The molecule has 0 rings (SSSR count). The predicted octanol–water partition coefficient (Wildman–Crippen LogP) is 5.61. The number of rotatable bonds is 9. The molecule has 112 valence electrons. The lowest BCUT2D eigenvalue weighted by atomic mass is 9.72. The molecule has 1 heteroatoms. The van der Waals surface area contributed by atoms with Gasteiger partial charge in [-0.25, -0.2) is 0 Å². The van der Waals surface area contributed by atoms with Gasteiger partial charge in [-0.3, -0.25) is 4.99 Å². The van der Waals surface area contributed by atoms with Crippen LogP contribution in [0.3, 0.4) is 0 Å². The smallest absolute Gasteiger partial charge is 0.0408 e. The van der Waals surface area contributed by atoms with Gasteiger partial charge in [0.15, 0.2) is 0 Å². The minimum Gasteiger partial charge on any atom is -0.297 e. The fraction of sp³-hybridized carbons (Fsp3) is 0.833. The van der Waals surface area contributed by atoms with Gasteiger partial charge in [0.2, 0.25) is 0 Å². The minimum atomic E-state index is 0.316. The fourth-order valence-corrected chi connectivity index (χ4v) is 2.15. The van der Waals surface area contributed by atoms with Crippen molar-refractivity contribution in [3.8, 4) is 0 Å². The molecule has 0 heterocycles. The number of hydrogen-bond acceptors (Lipinski definition) is 1. The van der Waals surface area contributed by atoms with Crippen LogP contribution in [0.25, 0.3) is 0 Å². The molecule has 0 aromatic rings. The molecule has 2 atom stereocenters. The monoisotopic (exact) mass is 265 g/mol. The van der Waals surface area contributed by atoms with Crippen molar-refractivity contribution in [2.75, 3.05) is 6.54 Å². The first-order valence-corrected chi connectivity index (χ1v) is 7.81. The third kappa shape index (κ3) is 7.54. The van der Waals surface area contributed by atoms with Crippen LogP contribution in [0.5, 0.6) is 0 Å². The van der Waals surface area contributed by atoms with Crippen LogP contribution in [0.4, 0.5) is 0 Å². The molecule has 0 amide bonds. The van der Waals surface area contributed by atoms with Gasteiger partial charge >= 0.3 is 0 Å². The Hall–Kier alpha value is -0.590. The molecule has 0 aliphatic rings. The van der Waals surface area contributed by atoms with Gasteiger partial charge in [-0.2, -0.15) is 0 Å². The number of allylic oxidation sites excluding steroid dienone is 1. The van der Waals surface area contributed by atoms with Crippen molar-refractivity contribution in [2.45, 2.75) is 61.3 Å². The molecular weight excluding hydrogens is 230 g/mol. The Labute approximate surface area is 121 Å². The van der Waals surface area contributed by atoms with Gasteiger partial charge in [0.25, 0.3) is 0 Å². The van der Waals surface area contributed by atoms with Crippen molar-refractivity contribution in [3.05, 3.63) is 12.7 Å². The summed E-state index contributed by atoms with van der Waals surface area (Å²) in [5.74, 6) is 2.65. The van der Waals surface area contributed by atoms with Crippen LogP contribution in [0.1, 0.15) is 61.3 Å². The zero-order valence-corrected chi connectivity index (χ0v) is 14.2. The van der Waals surface area contributed by atoms with E-state index >= 15 is 0 Å². The van der Waals surface area contributed by atoms with Crippen LogP contribution in [-0.4, -0.2) is 12.8 Å². The van der Waals surface area contributed by atoms with E-state index in [9.17, 15) is 0 Å². The summed E-state index contributed by atoms with van der Waals surface area (Å²) in [6, 6.07) is 0. The summed E-state index contributed by atoms with van der Waals surface area (Å²) in [7, 11) is 0. The summed E-state index contributed by atoms with van der Waals surface area (Å²) < 4.78 is 0. The lowest BCUT2D eigenvalue weighted by molar-refractivity contribution is 0.197. The van der Waals surface area contributed by atoms with Crippen molar-refractivity contribution in [2.24, 2.45) is 34.1 Å². The van der Waals surface area contributed by atoms with Gasteiger partial charge in [0.05, 0.1) is 0 Å². The summed E-state index contributed by atoms with van der Waals surface area (Å²) in [6.45, 7) is 21.0. The van der Waals surface area contributed by atoms with Gasteiger partial charge in [-0.1, -0.05) is 54.5 Å². The molecule has 0 saturated carbocycles. The summed E-state index contributed by atoms with van der Waals surface area (Å²) in [4.78, 5) is 4.53. The lowest BCUT2D eigenvalue weighted by Gasteiger charge is -2.33. The Balaban J connectivity index is 4.37. The van der Waals surface area contributed by atoms with Crippen molar-refractivity contribution >= 4 is 6.21 Å². The van der Waals surface area contributed by atoms with Crippen molar-refractivity contribution < 1.29 is 0 Å². The maximum Gasteiger partial charge on any atom is 0.0408 e. The van der Waals surface area contributed by atoms with E-state index in [0.29, 0.717) is 29.1 Å². The molecule has 0 aromatic heterocycles. The van der Waals surface area contributed by atoms with E-state index in [-0.39, 0.29) is 0 Å². The molecule has 0 spiro atoms. The third-order valence-corrected chi connectivity index (χ3v) is 4.34. The van der Waals surface area contributed by atoms with E-state index in [4.69, 9.17) is 0 Å².